The fraction of sp³-hybridized carbons (Fsp3) is 0.421. The summed E-state index contributed by atoms with van der Waals surface area (Å²) >= 11 is 0. The van der Waals surface area contributed by atoms with E-state index in [9.17, 15) is 14.9 Å². The number of ether oxygens (including phenoxy) is 3. The minimum Gasteiger partial charge on any atom is -0.493 e. The van der Waals surface area contributed by atoms with Gasteiger partial charge in [-0.25, -0.2) is 4.79 Å². The smallest absolute Gasteiger partial charge is 0.330 e. The largest absolute Gasteiger partial charge is 0.493 e. The van der Waals surface area contributed by atoms with Crippen molar-refractivity contribution >= 4 is 18.0 Å². The number of methoxy groups -OCH3 is 2. The maximum atomic E-state index is 12.1. The predicted molar refractivity (Wildman–Crippen MR) is 94.5 cm³/mol. The van der Waals surface area contributed by atoms with Crippen LogP contribution in [-0.2, 0) is 14.3 Å². The molecular weight excluding hydrogens is 336 g/mol. The molecule has 0 aromatic heterocycles. The highest BCUT2D eigenvalue weighted by Gasteiger charge is 2.35. The van der Waals surface area contributed by atoms with Gasteiger partial charge in [-0.05, 0) is 49.5 Å². The number of nitrogens with one attached hydrogen (secondary N) is 1. The minimum absolute atomic E-state index is 0.211. The van der Waals surface area contributed by atoms with Gasteiger partial charge in [0, 0.05) is 6.08 Å². The van der Waals surface area contributed by atoms with Gasteiger partial charge in [0.1, 0.15) is 5.54 Å². The standard InChI is InChI=1S/C19H22N2O5/c1-24-16-11-14(6-8-18(23)25-2)5-7-15(16)26-12-17(22)21-19(13-20)9-3-4-10-19/h5-8,11H,3-4,9-10,12H2,1-2H3,(H,21,22)/b8-6+. The number of nitriles is 1. The van der Waals surface area contributed by atoms with Crippen LogP contribution in [0.15, 0.2) is 24.3 Å². The number of benzene rings is 1. The van der Waals surface area contributed by atoms with Crippen molar-refractivity contribution in [1.82, 2.24) is 5.32 Å². The summed E-state index contributed by atoms with van der Waals surface area (Å²) < 4.78 is 15.3. The number of carbonyl (C=O) groups excluding carboxylic acids is 2. The molecule has 7 heteroatoms. The highest BCUT2D eigenvalue weighted by atomic mass is 16.5. The summed E-state index contributed by atoms with van der Waals surface area (Å²) in [5.41, 5.74) is -0.0500. The van der Waals surface area contributed by atoms with Crippen LogP contribution in [0.5, 0.6) is 11.5 Å². The summed E-state index contributed by atoms with van der Waals surface area (Å²) in [6.45, 7) is -0.211. The van der Waals surface area contributed by atoms with E-state index in [4.69, 9.17) is 9.47 Å². The Morgan fingerprint density at radius 1 is 1.27 bits per heavy atom. The van der Waals surface area contributed by atoms with Crippen molar-refractivity contribution in [3.8, 4) is 17.6 Å². The van der Waals surface area contributed by atoms with E-state index >= 15 is 0 Å². The number of nitrogens with zero attached hydrogens (tertiary/aromatic N) is 1. The highest BCUT2D eigenvalue weighted by molar-refractivity contribution is 5.87. The zero-order valence-corrected chi connectivity index (χ0v) is 14.9. The van der Waals surface area contributed by atoms with E-state index < -0.39 is 11.5 Å². The topological polar surface area (TPSA) is 97.6 Å². The van der Waals surface area contributed by atoms with Crippen LogP contribution in [0.3, 0.4) is 0 Å². The van der Waals surface area contributed by atoms with Gasteiger partial charge in [0.25, 0.3) is 5.91 Å². The second-order valence-corrected chi connectivity index (χ2v) is 6.00. The minimum atomic E-state index is -0.771. The molecule has 7 nitrogen and oxygen atoms in total. The lowest BCUT2D eigenvalue weighted by molar-refractivity contribution is -0.134. The van der Waals surface area contributed by atoms with Gasteiger partial charge < -0.3 is 19.5 Å². The van der Waals surface area contributed by atoms with Gasteiger partial charge in [-0.1, -0.05) is 6.07 Å². The number of carbonyl (C=O) groups is 2. The molecule has 1 saturated carbocycles. The third-order valence-electron chi connectivity index (χ3n) is 4.21. The van der Waals surface area contributed by atoms with E-state index in [2.05, 4.69) is 16.1 Å². The first kappa shape index (κ1) is 19.3. The molecule has 0 aliphatic heterocycles. The second kappa shape index (κ2) is 8.90. The predicted octanol–water partition coefficient (Wildman–Crippen LogP) is 2.21. The molecular formula is C19H22N2O5. The summed E-state index contributed by atoms with van der Waals surface area (Å²) in [5.74, 6) is 0.0282. The molecule has 138 valence electrons. The van der Waals surface area contributed by atoms with Crippen LogP contribution in [0.1, 0.15) is 31.2 Å². The Hall–Kier alpha value is -3.01. The number of rotatable bonds is 7. The molecule has 1 aliphatic rings. The average Bonchev–Trinajstić information content (AvgIpc) is 3.13. The third-order valence-corrected chi connectivity index (χ3v) is 4.21. The molecule has 1 N–H and O–H groups in total. The third kappa shape index (κ3) is 4.99. The van der Waals surface area contributed by atoms with Gasteiger partial charge in [-0.3, -0.25) is 4.79 Å². The Morgan fingerprint density at radius 3 is 2.62 bits per heavy atom. The Bertz CT molecular complexity index is 730. The maximum absolute atomic E-state index is 12.1. The van der Waals surface area contributed by atoms with Crippen LogP contribution in [-0.4, -0.2) is 38.2 Å². The van der Waals surface area contributed by atoms with Crippen LogP contribution in [0, 0.1) is 11.3 Å². The van der Waals surface area contributed by atoms with E-state index in [0.29, 0.717) is 24.3 Å². The first-order valence-electron chi connectivity index (χ1n) is 8.31. The fourth-order valence-electron chi connectivity index (χ4n) is 2.83. The van der Waals surface area contributed by atoms with Gasteiger partial charge in [-0.15, -0.1) is 0 Å². The SMILES string of the molecule is COC(=O)/C=C/c1ccc(OCC(=O)NC2(C#N)CCCC2)c(OC)c1. The summed E-state index contributed by atoms with van der Waals surface area (Å²) in [5, 5.41) is 12.1. The molecule has 0 unspecified atom stereocenters. The molecule has 2 rings (SSSR count). The van der Waals surface area contributed by atoms with Crippen LogP contribution in [0.25, 0.3) is 6.08 Å². The van der Waals surface area contributed by atoms with Gasteiger partial charge in [0.05, 0.1) is 20.3 Å². The molecule has 0 radical (unpaired) electrons. The van der Waals surface area contributed by atoms with Crippen molar-refractivity contribution in [1.29, 1.82) is 5.26 Å². The molecule has 1 aromatic carbocycles. The molecule has 1 fully saturated rings. The molecule has 1 aliphatic carbocycles. The monoisotopic (exact) mass is 358 g/mol. The summed E-state index contributed by atoms with van der Waals surface area (Å²) in [7, 11) is 2.79. The Kier molecular flexibility index (Phi) is 6.61. The molecule has 0 bridgehead atoms. The number of hydrogen-bond donors (Lipinski definition) is 1. The van der Waals surface area contributed by atoms with Crippen molar-refractivity contribution in [3.63, 3.8) is 0 Å². The molecule has 1 aromatic rings. The zero-order valence-electron chi connectivity index (χ0n) is 14.9. The lowest BCUT2D eigenvalue weighted by Gasteiger charge is -2.22. The van der Waals surface area contributed by atoms with E-state index in [1.165, 1.54) is 20.3 Å². The fourth-order valence-corrected chi connectivity index (χ4v) is 2.83. The van der Waals surface area contributed by atoms with Crippen LogP contribution in [0.4, 0.5) is 0 Å². The van der Waals surface area contributed by atoms with Gasteiger partial charge in [-0.2, -0.15) is 5.26 Å². The van der Waals surface area contributed by atoms with Crippen molar-refractivity contribution < 1.29 is 23.8 Å². The second-order valence-electron chi connectivity index (χ2n) is 6.00. The highest BCUT2D eigenvalue weighted by Crippen LogP contribution is 2.30. The maximum Gasteiger partial charge on any atom is 0.330 e. The van der Waals surface area contributed by atoms with E-state index in [1.54, 1.807) is 24.3 Å². The Balaban J connectivity index is 1.98. The van der Waals surface area contributed by atoms with Crippen molar-refractivity contribution in [2.45, 2.75) is 31.2 Å². The molecule has 0 saturated heterocycles. The van der Waals surface area contributed by atoms with E-state index in [0.717, 1.165) is 18.4 Å². The van der Waals surface area contributed by atoms with E-state index in [-0.39, 0.29) is 12.5 Å². The molecule has 0 spiro atoms. The quantitative estimate of drug-likeness (QED) is 0.593. The summed E-state index contributed by atoms with van der Waals surface area (Å²) in [6.07, 6.45) is 6.08. The molecule has 26 heavy (non-hydrogen) atoms. The molecule has 1 amide bonds. The number of amides is 1. The Labute approximate surface area is 152 Å². The summed E-state index contributed by atoms with van der Waals surface area (Å²) in [4.78, 5) is 23.3. The first-order valence-corrected chi connectivity index (χ1v) is 8.31. The van der Waals surface area contributed by atoms with Crippen LogP contribution in [0.2, 0.25) is 0 Å². The van der Waals surface area contributed by atoms with Crippen molar-refractivity contribution in [2.24, 2.45) is 0 Å². The summed E-state index contributed by atoms with van der Waals surface area (Å²) in [6, 6.07) is 7.26. The normalized spacial score (nSPS) is 15.3. The zero-order chi connectivity index (χ0) is 19.0. The van der Waals surface area contributed by atoms with Gasteiger partial charge in [0.15, 0.2) is 18.1 Å². The van der Waals surface area contributed by atoms with Crippen molar-refractivity contribution in [3.05, 3.63) is 29.8 Å². The number of hydrogen-bond acceptors (Lipinski definition) is 6. The van der Waals surface area contributed by atoms with Crippen molar-refractivity contribution in [2.75, 3.05) is 20.8 Å². The van der Waals surface area contributed by atoms with Crippen LogP contribution >= 0.6 is 0 Å². The molecule has 0 heterocycles. The van der Waals surface area contributed by atoms with E-state index in [1.807, 2.05) is 0 Å². The average molecular weight is 358 g/mol. The lowest BCUT2D eigenvalue weighted by Crippen LogP contribution is -2.47. The number of esters is 1. The van der Waals surface area contributed by atoms with Gasteiger partial charge >= 0.3 is 5.97 Å². The van der Waals surface area contributed by atoms with Gasteiger partial charge in [0.2, 0.25) is 0 Å². The lowest BCUT2D eigenvalue weighted by atomic mass is 10.00. The first-order chi connectivity index (χ1) is 12.5. The van der Waals surface area contributed by atoms with Crippen LogP contribution < -0.4 is 14.8 Å². The molecule has 0 atom stereocenters. The Morgan fingerprint density at radius 2 is 2.00 bits per heavy atom.